The van der Waals surface area contributed by atoms with E-state index in [9.17, 15) is 4.79 Å². The van der Waals surface area contributed by atoms with Gasteiger partial charge in [-0.15, -0.1) is 0 Å². The Kier molecular flexibility index (Phi) is 2.67. The zero-order valence-corrected chi connectivity index (χ0v) is 8.87. The van der Waals surface area contributed by atoms with E-state index in [4.69, 9.17) is 5.73 Å². The highest BCUT2D eigenvalue weighted by Gasteiger charge is 2.05. The average Bonchev–Trinajstić information content (AvgIpc) is 2.69. The number of nitrogen functional groups attached to an aromatic ring is 1. The molecular weight excluding hydrogens is 208 g/mol. The molecule has 0 radical (unpaired) electrons. The molecule has 0 amide bonds. The normalized spacial score (nSPS) is 10.6. The fraction of sp³-hybridized carbons (Fsp3) is 0.333. The van der Waals surface area contributed by atoms with Crippen molar-refractivity contribution in [1.29, 1.82) is 0 Å². The molecule has 0 saturated carbocycles. The molecule has 0 aromatic carbocycles. The molecule has 0 aliphatic carbocycles. The third-order valence-corrected chi connectivity index (χ3v) is 2.18. The van der Waals surface area contributed by atoms with Crippen molar-refractivity contribution in [1.82, 2.24) is 24.5 Å². The molecule has 0 atom stereocenters. The van der Waals surface area contributed by atoms with Gasteiger partial charge in [0.2, 0.25) is 0 Å². The Hall–Kier alpha value is -2.18. The Labute approximate surface area is 91.5 Å². The molecule has 84 valence electrons. The van der Waals surface area contributed by atoms with Crippen molar-refractivity contribution in [2.24, 2.45) is 0 Å². The maximum atomic E-state index is 11.5. The highest BCUT2D eigenvalue weighted by molar-refractivity contribution is 5.31. The van der Waals surface area contributed by atoms with Crippen molar-refractivity contribution in [3.05, 3.63) is 34.8 Å². The quantitative estimate of drug-likeness (QED) is 0.751. The Morgan fingerprint density at radius 3 is 2.88 bits per heavy atom. The number of aromatic nitrogens is 5. The summed E-state index contributed by atoms with van der Waals surface area (Å²) < 4.78 is 3.01. The van der Waals surface area contributed by atoms with E-state index in [-0.39, 0.29) is 5.56 Å². The Morgan fingerprint density at radius 1 is 1.38 bits per heavy atom. The van der Waals surface area contributed by atoms with Gasteiger partial charge in [0, 0.05) is 12.6 Å². The number of nitrogens with two attached hydrogens (primary N) is 1. The molecule has 0 fully saturated rings. The maximum absolute atomic E-state index is 11.5. The van der Waals surface area contributed by atoms with Crippen molar-refractivity contribution < 1.29 is 0 Å². The molecule has 2 heterocycles. The number of hydrogen-bond donors (Lipinski definition) is 1. The van der Waals surface area contributed by atoms with Crippen molar-refractivity contribution in [3.63, 3.8) is 0 Å². The standard InChI is InChI=1S/C9H12N6O/c1-2-14-8(11-6-13-14)5-15-9(16)3-7(10)4-12-15/h3-4,6H,2,5,10H2,1H3. The molecule has 2 aromatic heterocycles. The zero-order valence-electron chi connectivity index (χ0n) is 8.87. The molecule has 0 spiro atoms. The lowest BCUT2D eigenvalue weighted by Gasteiger charge is -2.04. The van der Waals surface area contributed by atoms with Crippen LogP contribution in [0.1, 0.15) is 12.7 Å². The summed E-state index contributed by atoms with van der Waals surface area (Å²) in [7, 11) is 0. The Bertz CT molecular complexity index is 543. The van der Waals surface area contributed by atoms with E-state index in [1.54, 1.807) is 4.68 Å². The van der Waals surface area contributed by atoms with Crippen molar-refractivity contribution in [2.75, 3.05) is 5.73 Å². The summed E-state index contributed by atoms with van der Waals surface area (Å²) in [5.74, 6) is 0.696. The van der Waals surface area contributed by atoms with Gasteiger partial charge in [0.05, 0.1) is 11.9 Å². The maximum Gasteiger partial charge on any atom is 0.269 e. The van der Waals surface area contributed by atoms with E-state index in [1.165, 1.54) is 23.3 Å². The average molecular weight is 220 g/mol. The fourth-order valence-electron chi connectivity index (χ4n) is 1.38. The van der Waals surface area contributed by atoms with Crippen LogP contribution in [0.4, 0.5) is 5.69 Å². The lowest BCUT2D eigenvalue weighted by atomic mass is 10.5. The predicted octanol–water partition coefficient (Wildman–Crippen LogP) is -0.515. The Balaban J connectivity index is 2.31. The van der Waals surface area contributed by atoms with Gasteiger partial charge in [-0.05, 0) is 6.92 Å². The molecule has 16 heavy (non-hydrogen) atoms. The molecule has 2 rings (SSSR count). The van der Waals surface area contributed by atoms with Gasteiger partial charge in [0.15, 0.2) is 0 Å². The zero-order chi connectivity index (χ0) is 11.5. The molecule has 0 bridgehead atoms. The van der Waals surface area contributed by atoms with Gasteiger partial charge in [-0.1, -0.05) is 0 Å². The van der Waals surface area contributed by atoms with Crippen LogP contribution in [0.2, 0.25) is 0 Å². The van der Waals surface area contributed by atoms with Crippen LogP contribution in [-0.4, -0.2) is 24.5 Å². The molecule has 0 saturated heterocycles. The summed E-state index contributed by atoms with van der Waals surface area (Å²) in [5.41, 5.74) is 5.56. The molecule has 2 N–H and O–H groups in total. The van der Waals surface area contributed by atoms with Gasteiger partial charge in [0.25, 0.3) is 5.56 Å². The SMILES string of the molecule is CCn1ncnc1Cn1ncc(N)cc1=O. The van der Waals surface area contributed by atoms with Gasteiger partial charge >= 0.3 is 0 Å². The molecule has 0 aliphatic rings. The van der Waals surface area contributed by atoms with Gasteiger partial charge in [-0.3, -0.25) is 4.79 Å². The predicted molar refractivity (Wildman–Crippen MR) is 57.7 cm³/mol. The van der Waals surface area contributed by atoms with Gasteiger partial charge in [0.1, 0.15) is 18.7 Å². The minimum atomic E-state index is -0.245. The van der Waals surface area contributed by atoms with E-state index in [0.29, 0.717) is 24.6 Å². The first-order valence-corrected chi connectivity index (χ1v) is 4.90. The fourth-order valence-corrected chi connectivity index (χ4v) is 1.38. The lowest BCUT2D eigenvalue weighted by Crippen LogP contribution is -2.24. The van der Waals surface area contributed by atoms with E-state index in [0.717, 1.165) is 0 Å². The van der Waals surface area contributed by atoms with Crippen molar-refractivity contribution >= 4 is 5.69 Å². The van der Waals surface area contributed by atoms with Gasteiger partial charge in [-0.25, -0.2) is 14.3 Å². The number of hydrogen-bond acceptors (Lipinski definition) is 5. The lowest BCUT2D eigenvalue weighted by molar-refractivity contribution is 0.551. The number of aryl methyl sites for hydroxylation is 1. The summed E-state index contributed by atoms with van der Waals surface area (Å²) in [6, 6.07) is 1.33. The third kappa shape index (κ3) is 1.92. The topological polar surface area (TPSA) is 91.6 Å². The van der Waals surface area contributed by atoms with Crippen LogP contribution < -0.4 is 11.3 Å². The Morgan fingerprint density at radius 2 is 2.19 bits per heavy atom. The highest BCUT2D eigenvalue weighted by Crippen LogP contribution is 1.96. The number of anilines is 1. The highest BCUT2D eigenvalue weighted by atomic mass is 16.1. The molecule has 0 aliphatic heterocycles. The first-order chi connectivity index (χ1) is 7.70. The summed E-state index contributed by atoms with van der Waals surface area (Å²) in [6.07, 6.45) is 2.90. The van der Waals surface area contributed by atoms with E-state index < -0.39 is 0 Å². The first kappa shape index (κ1) is 10.3. The minimum absolute atomic E-state index is 0.245. The summed E-state index contributed by atoms with van der Waals surface area (Å²) in [4.78, 5) is 15.6. The molecule has 7 nitrogen and oxygen atoms in total. The van der Waals surface area contributed by atoms with E-state index in [2.05, 4.69) is 15.2 Å². The molecule has 2 aromatic rings. The minimum Gasteiger partial charge on any atom is -0.397 e. The van der Waals surface area contributed by atoms with Crippen LogP contribution in [0, 0.1) is 0 Å². The van der Waals surface area contributed by atoms with Crippen LogP contribution in [0.15, 0.2) is 23.4 Å². The molecule has 7 heteroatoms. The smallest absolute Gasteiger partial charge is 0.269 e. The summed E-state index contributed by atoms with van der Waals surface area (Å²) in [6.45, 7) is 2.96. The van der Waals surface area contributed by atoms with E-state index >= 15 is 0 Å². The monoisotopic (exact) mass is 220 g/mol. The molecular formula is C9H12N6O. The second-order valence-electron chi connectivity index (χ2n) is 3.28. The van der Waals surface area contributed by atoms with Crippen LogP contribution >= 0.6 is 0 Å². The van der Waals surface area contributed by atoms with E-state index in [1.807, 2.05) is 6.92 Å². The second-order valence-corrected chi connectivity index (χ2v) is 3.28. The van der Waals surface area contributed by atoms with Gasteiger partial charge in [-0.2, -0.15) is 10.2 Å². The van der Waals surface area contributed by atoms with Crippen LogP contribution in [0.25, 0.3) is 0 Å². The van der Waals surface area contributed by atoms with Crippen LogP contribution in [0.3, 0.4) is 0 Å². The summed E-state index contributed by atoms with van der Waals surface area (Å²) >= 11 is 0. The largest absolute Gasteiger partial charge is 0.397 e. The number of nitrogens with zero attached hydrogens (tertiary/aromatic N) is 5. The van der Waals surface area contributed by atoms with Crippen LogP contribution in [0.5, 0.6) is 0 Å². The third-order valence-electron chi connectivity index (χ3n) is 2.18. The second kappa shape index (κ2) is 4.13. The van der Waals surface area contributed by atoms with Crippen molar-refractivity contribution in [2.45, 2.75) is 20.0 Å². The summed E-state index contributed by atoms with van der Waals surface area (Å²) in [5, 5.41) is 7.94. The van der Waals surface area contributed by atoms with Crippen LogP contribution in [-0.2, 0) is 13.1 Å². The number of rotatable bonds is 3. The molecule has 0 unspecified atom stereocenters. The first-order valence-electron chi connectivity index (χ1n) is 4.90. The van der Waals surface area contributed by atoms with Gasteiger partial charge < -0.3 is 5.73 Å². The van der Waals surface area contributed by atoms with Crippen molar-refractivity contribution in [3.8, 4) is 0 Å².